The molecule has 1 aliphatic rings. The predicted octanol–water partition coefficient (Wildman–Crippen LogP) is 4.06. The monoisotopic (exact) mass is 389 g/mol. The molecule has 26 heavy (non-hydrogen) atoms. The number of para-hydroxylation sites is 2. The molecule has 0 atom stereocenters. The second-order valence-corrected chi connectivity index (χ2v) is 6.95. The summed E-state index contributed by atoms with van der Waals surface area (Å²) >= 11 is 12.0. The number of morpholine rings is 1. The van der Waals surface area contributed by atoms with E-state index >= 15 is 0 Å². The minimum Gasteiger partial charge on any atom is -0.378 e. The van der Waals surface area contributed by atoms with Gasteiger partial charge in [0.2, 0.25) is 5.95 Å². The number of imidazole rings is 1. The molecule has 1 saturated heterocycles. The molecule has 0 unspecified atom stereocenters. The van der Waals surface area contributed by atoms with Crippen LogP contribution in [0.25, 0.3) is 11.0 Å². The van der Waals surface area contributed by atoms with Crippen LogP contribution in [0.1, 0.15) is 10.4 Å². The van der Waals surface area contributed by atoms with E-state index in [2.05, 4.69) is 4.90 Å². The van der Waals surface area contributed by atoms with Crippen molar-refractivity contribution in [2.24, 2.45) is 0 Å². The fraction of sp³-hybridized carbons (Fsp3) is 0.263. The van der Waals surface area contributed by atoms with Gasteiger partial charge in [0.25, 0.3) is 0 Å². The molecule has 1 fully saturated rings. The second-order valence-electron chi connectivity index (χ2n) is 6.14. The molecule has 0 amide bonds. The predicted molar refractivity (Wildman–Crippen MR) is 104 cm³/mol. The lowest BCUT2D eigenvalue weighted by atomic mass is 10.1. The average molecular weight is 390 g/mol. The van der Waals surface area contributed by atoms with Gasteiger partial charge in [0.15, 0.2) is 5.78 Å². The van der Waals surface area contributed by atoms with Crippen LogP contribution in [0.3, 0.4) is 0 Å². The topological polar surface area (TPSA) is 47.4 Å². The first-order valence-corrected chi connectivity index (χ1v) is 9.15. The highest BCUT2D eigenvalue weighted by molar-refractivity contribution is 6.42. The third-order valence-corrected chi connectivity index (χ3v) is 5.21. The molecule has 134 valence electrons. The Bertz CT molecular complexity index is 965. The lowest BCUT2D eigenvalue weighted by Gasteiger charge is -2.28. The molecular formula is C19H17Cl2N3O2. The molecule has 0 radical (unpaired) electrons. The zero-order valence-corrected chi connectivity index (χ0v) is 15.5. The summed E-state index contributed by atoms with van der Waals surface area (Å²) in [6.07, 6.45) is 0. The summed E-state index contributed by atoms with van der Waals surface area (Å²) < 4.78 is 7.40. The Morgan fingerprint density at radius 1 is 1.08 bits per heavy atom. The Hall–Kier alpha value is -2.08. The van der Waals surface area contributed by atoms with Gasteiger partial charge < -0.3 is 14.2 Å². The van der Waals surface area contributed by atoms with Gasteiger partial charge in [-0.2, -0.15) is 0 Å². The quantitative estimate of drug-likeness (QED) is 0.631. The summed E-state index contributed by atoms with van der Waals surface area (Å²) in [5, 5.41) is 0.812. The fourth-order valence-electron chi connectivity index (χ4n) is 3.13. The number of fused-ring (bicyclic) bond motifs is 1. The van der Waals surface area contributed by atoms with Gasteiger partial charge in [-0.1, -0.05) is 35.3 Å². The molecule has 0 N–H and O–H groups in total. The molecule has 4 rings (SSSR count). The largest absolute Gasteiger partial charge is 0.378 e. The Kier molecular flexibility index (Phi) is 4.85. The zero-order chi connectivity index (χ0) is 18.1. The first-order valence-electron chi connectivity index (χ1n) is 8.40. The highest BCUT2D eigenvalue weighted by atomic mass is 35.5. The Labute approximate surface area is 161 Å². The molecule has 2 aromatic carbocycles. The van der Waals surface area contributed by atoms with Crippen LogP contribution < -0.4 is 4.90 Å². The third-order valence-electron chi connectivity index (χ3n) is 4.47. The van der Waals surface area contributed by atoms with E-state index in [4.69, 9.17) is 32.9 Å². The van der Waals surface area contributed by atoms with Crippen LogP contribution in [0.2, 0.25) is 10.0 Å². The number of carbonyl (C=O) groups is 1. The number of ketones is 1. The van der Waals surface area contributed by atoms with Crippen molar-refractivity contribution in [2.75, 3.05) is 31.2 Å². The smallest absolute Gasteiger partial charge is 0.207 e. The summed E-state index contributed by atoms with van der Waals surface area (Å²) in [5.74, 6) is 0.754. The van der Waals surface area contributed by atoms with Crippen LogP contribution in [-0.4, -0.2) is 41.6 Å². The average Bonchev–Trinajstić information content (AvgIpc) is 3.03. The van der Waals surface area contributed by atoms with Crippen molar-refractivity contribution in [3.05, 3.63) is 58.1 Å². The van der Waals surface area contributed by atoms with E-state index in [9.17, 15) is 4.79 Å². The fourth-order valence-corrected chi connectivity index (χ4v) is 3.43. The number of halogens is 2. The lowest BCUT2D eigenvalue weighted by molar-refractivity contribution is 0.0972. The van der Waals surface area contributed by atoms with Crippen LogP contribution in [-0.2, 0) is 11.3 Å². The Morgan fingerprint density at radius 3 is 2.62 bits per heavy atom. The van der Waals surface area contributed by atoms with E-state index in [1.165, 1.54) is 0 Å². The summed E-state index contributed by atoms with van der Waals surface area (Å²) in [5.41, 5.74) is 2.34. The maximum absolute atomic E-state index is 12.9. The molecule has 5 nitrogen and oxygen atoms in total. The van der Waals surface area contributed by atoms with Crippen LogP contribution in [0.4, 0.5) is 5.95 Å². The first kappa shape index (κ1) is 17.3. The van der Waals surface area contributed by atoms with Crippen molar-refractivity contribution < 1.29 is 9.53 Å². The number of anilines is 1. The zero-order valence-electron chi connectivity index (χ0n) is 14.0. The molecular weight excluding hydrogens is 373 g/mol. The van der Waals surface area contributed by atoms with Crippen molar-refractivity contribution in [1.29, 1.82) is 0 Å². The van der Waals surface area contributed by atoms with Gasteiger partial charge in [0.1, 0.15) is 0 Å². The van der Waals surface area contributed by atoms with Crippen molar-refractivity contribution in [3.8, 4) is 0 Å². The maximum atomic E-state index is 12.9. The molecule has 0 spiro atoms. The first-order chi connectivity index (χ1) is 12.6. The van der Waals surface area contributed by atoms with Crippen LogP contribution >= 0.6 is 23.2 Å². The van der Waals surface area contributed by atoms with Crippen molar-refractivity contribution in [3.63, 3.8) is 0 Å². The minimum atomic E-state index is -0.0405. The highest BCUT2D eigenvalue weighted by Gasteiger charge is 2.21. The number of hydrogen-bond acceptors (Lipinski definition) is 4. The van der Waals surface area contributed by atoms with Gasteiger partial charge in [-0.15, -0.1) is 0 Å². The molecule has 2 heterocycles. The molecule has 1 aliphatic heterocycles. The van der Waals surface area contributed by atoms with E-state index in [-0.39, 0.29) is 12.3 Å². The summed E-state index contributed by atoms with van der Waals surface area (Å²) in [4.78, 5) is 19.8. The van der Waals surface area contributed by atoms with Crippen molar-refractivity contribution in [2.45, 2.75) is 6.54 Å². The normalized spacial score (nSPS) is 14.8. The standard InChI is InChI=1S/C19H17Cl2N3O2/c20-14-6-5-13(11-15(14)21)18(25)12-24-17-4-2-1-3-16(17)22-19(24)23-7-9-26-10-8-23/h1-6,11H,7-10,12H2. The Morgan fingerprint density at radius 2 is 1.85 bits per heavy atom. The molecule has 0 aliphatic carbocycles. The van der Waals surface area contributed by atoms with Gasteiger partial charge in [-0.3, -0.25) is 4.79 Å². The third kappa shape index (κ3) is 3.30. The van der Waals surface area contributed by atoms with Gasteiger partial charge in [0.05, 0.1) is 40.8 Å². The highest BCUT2D eigenvalue weighted by Crippen LogP contribution is 2.26. The number of aromatic nitrogens is 2. The van der Waals surface area contributed by atoms with Crippen LogP contribution in [0.5, 0.6) is 0 Å². The number of nitrogens with zero attached hydrogens (tertiary/aromatic N) is 3. The maximum Gasteiger partial charge on any atom is 0.207 e. The van der Waals surface area contributed by atoms with Gasteiger partial charge >= 0.3 is 0 Å². The Balaban J connectivity index is 1.72. The van der Waals surface area contributed by atoms with E-state index in [0.29, 0.717) is 28.8 Å². The summed E-state index contributed by atoms with van der Waals surface area (Å²) in [6.45, 7) is 3.01. The van der Waals surface area contributed by atoms with E-state index < -0.39 is 0 Å². The van der Waals surface area contributed by atoms with Crippen LogP contribution in [0.15, 0.2) is 42.5 Å². The molecule has 3 aromatic rings. The van der Waals surface area contributed by atoms with E-state index in [0.717, 1.165) is 30.1 Å². The minimum absolute atomic E-state index is 0.0405. The lowest BCUT2D eigenvalue weighted by Crippen LogP contribution is -2.38. The second kappa shape index (κ2) is 7.27. The SMILES string of the molecule is O=C(Cn1c(N2CCOCC2)nc2ccccc21)c1ccc(Cl)c(Cl)c1. The van der Waals surface area contributed by atoms with E-state index in [1.807, 2.05) is 28.8 Å². The molecule has 7 heteroatoms. The molecule has 0 saturated carbocycles. The molecule has 0 bridgehead atoms. The number of carbonyl (C=O) groups excluding carboxylic acids is 1. The van der Waals surface area contributed by atoms with Crippen molar-refractivity contribution in [1.82, 2.24) is 9.55 Å². The van der Waals surface area contributed by atoms with Crippen molar-refractivity contribution >= 4 is 46.0 Å². The number of benzene rings is 2. The van der Waals surface area contributed by atoms with Crippen LogP contribution in [0, 0.1) is 0 Å². The number of hydrogen-bond donors (Lipinski definition) is 0. The van der Waals surface area contributed by atoms with E-state index in [1.54, 1.807) is 18.2 Å². The molecule has 1 aromatic heterocycles. The van der Waals surface area contributed by atoms with Gasteiger partial charge in [-0.05, 0) is 30.3 Å². The van der Waals surface area contributed by atoms with Gasteiger partial charge in [-0.25, -0.2) is 4.98 Å². The summed E-state index contributed by atoms with van der Waals surface area (Å²) in [6, 6.07) is 12.8. The number of ether oxygens (including phenoxy) is 1. The summed E-state index contributed by atoms with van der Waals surface area (Å²) in [7, 11) is 0. The number of Topliss-reactive ketones (excluding diaryl/α,β-unsaturated/α-hetero) is 1. The van der Waals surface area contributed by atoms with Gasteiger partial charge in [0, 0.05) is 18.7 Å². The number of rotatable bonds is 4.